The number of aromatic amines is 1. The first-order valence-corrected chi connectivity index (χ1v) is 7.45. The van der Waals surface area contributed by atoms with Crippen molar-refractivity contribution in [3.8, 4) is 0 Å². The molecular weight excluding hydrogens is 236 g/mol. The van der Waals surface area contributed by atoms with Crippen LogP contribution in [-0.2, 0) is 6.42 Å². The van der Waals surface area contributed by atoms with E-state index in [1.165, 1.54) is 36.9 Å². The maximum Gasteiger partial charge on any atom is 0.0522 e. The van der Waals surface area contributed by atoms with Gasteiger partial charge in [0.1, 0.15) is 0 Å². The van der Waals surface area contributed by atoms with E-state index in [2.05, 4.69) is 29.4 Å². The number of hydrogen-bond donors (Lipinski definition) is 3. The van der Waals surface area contributed by atoms with Gasteiger partial charge in [-0.15, -0.1) is 0 Å². The number of hydrogen-bond acceptors (Lipinski definition) is 3. The van der Waals surface area contributed by atoms with E-state index < -0.39 is 0 Å². The van der Waals surface area contributed by atoms with Crippen LogP contribution in [0.4, 0.5) is 0 Å². The number of nitrogens with one attached hydrogen (secondary N) is 2. The van der Waals surface area contributed by atoms with Crippen LogP contribution >= 0.6 is 0 Å². The average molecular weight is 264 g/mol. The second-order valence-electron chi connectivity index (χ2n) is 6.67. The lowest BCUT2D eigenvalue weighted by molar-refractivity contribution is 0.222. The molecule has 1 unspecified atom stereocenters. The molecule has 0 aromatic carbocycles. The summed E-state index contributed by atoms with van der Waals surface area (Å²) in [6.07, 6.45) is 8.11. The molecular formula is C15H28N4. The van der Waals surface area contributed by atoms with Crippen molar-refractivity contribution >= 4 is 0 Å². The Hall–Kier alpha value is -0.870. The van der Waals surface area contributed by atoms with Crippen LogP contribution in [0.15, 0.2) is 6.20 Å². The second-order valence-corrected chi connectivity index (χ2v) is 6.67. The number of nitrogens with zero attached hydrogens (tertiary/aromatic N) is 1. The summed E-state index contributed by atoms with van der Waals surface area (Å²) in [6.45, 7) is 5.42. The molecule has 1 saturated carbocycles. The predicted octanol–water partition coefficient (Wildman–Crippen LogP) is 2.18. The Morgan fingerprint density at radius 3 is 2.74 bits per heavy atom. The third-order valence-corrected chi connectivity index (χ3v) is 4.66. The van der Waals surface area contributed by atoms with Crippen molar-refractivity contribution in [2.24, 2.45) is 11.1 Å². The van der Waals surface area contributed by atoms with Crippen molar-refractivity contribution < 1.29 is 0 Å². The zero-order valence-corrected chi connectivity index (χ0v) is 12.5. The lowest BCUT2D eigenvalue weighted by Crippen LogP contribution is -2.35. The summed E-state index contributed by atoms with van der Waals surface area (Å²) in [5, 5.41) is 10.8. The summed E-state index contributed by atoms with van der Waals surface area (Å²) in [5.74, 6) is 0.654. The van der Waals surface area contributed by atoms with E-state index in [1.807, 2.05) is 13.2 Å². The lowest BCUT2D eigenvalue weighted by Gasteiger charge is -2.34. The highest BCUT2D eigenvalue weighted by atomic mass is 15.1. The molecule has 1 aromatic heterocycles. The van der Waals surface area contributed by atoms with Gasteiger partial charge in [-0.05, 0) is 50.1 Å². The summed E-state index contributed by atoms with van der Waals surface area (Å²) in [5.41, 5.74) is 8.98. The summed E-state index contributed by atoms with van der Waals surface area (Å²) in [4.78, 5) is 0. The number of rotatable bonds is 5. The first-order chi connectivity index (χ1) is 9.05. The van der Waals surface area contributed by atoms with Gasteiger partial charge in [0.15, 0.2) is 0 Å². The molecule has 1 aliphatic carbocycles. The highest BCUT2D eigenvalue weighted by Gasteiger charge is 2.29. The van der Waals surface area contributed by atoms with E-state index >= 15 is 0 Å². The minimum Gasteiger partial charge on any atom is -0.329 e. The normalized spacial score (nSPS) is 21.5. The van der Waals surface area contributed by atoms with E-state index in [9.17, 15) is 0 Å². The van der Waals surface area contributed by atoms with Crippen LogP contribution in [0.25, 0.3) is 0 Å². The van der Waals surface area contributed by atoms with Gasteiger partial charge in [-0.2, -0.15) is 5.10 Å². The monoisotopic (exact) mass is 264 g/mol. The molecule has 0 saturated heterocycles. The first-order valence-electron chi connectivity index (χ1n) is 7.45. The van der Waals surface area contributed by atoms with Gasteiger partial charge in [0.2, 0.25) is 0 Å². The zero-order chi connectivity index (χ0) is 13.9. The van der Waals surface area contributed by atoms with Crippen molar-refractivity contribution in [3.05, 3.63) is 17.5 Å². The zero-order valence-electron chi connectivity index (χ0n) is 12.5. The first kappa shape index (κ1) is 14.5. The van der Waals surface area contributed by atoms with Crippen LogP contribution in [0.1, 0.15) is 56.7 Å². The lowest BCUT2D eigenvalue weighted by atomic mass is 9.72. The molecule has 19 heavy (non-hydrogen) atoms. The maximum atomic E-state index is 5.77. The topological polar surface area (TPSA) is 66.7 Å². The number of H-pyrrole nitrogens is 1. The number of likely N-dealkylation sites (N-methyl/N-ethyl adjacent to an activating group) is 1. The van der Waals surface area contributed by atoms with E-state index in [0.29, 0.717) is 23.9 Å². The second kappa shape index (κ2) is 6.06. The minimum atomic E-state index is 0.344. The Kier molecular flexibility index (Phi) is 4.63. The molecule has 2 rings (SSSR count). The molecule has 4 heteroatoms. The van der Waals surface area contributed by atoms with Gasteiger partial charge in [0, 0.05) is 24.2 Å². The van der Waals surface area contributed by atoms with Crippen LogP contribution in [0.2, 0.25) is 0 Å². The Morgan fingerprint density at radius 1 is 1.47 bits per heavy atom. The molecule has 1 fully saturated rings. The maximum absolute atomic E-state index is 5.77. The molecule has 4 N–H and O–H groups in total. The third kappa shape index (κ3) is 3.57. The Bertz CT molecular complexity index is 383. The van der Waals surface area contributed by atoms with Crippen LogP contribution in [0.3, 0.4) is 0 Å². The van der Waals surface area contributed by atoms with Gasteiger partial charge in [0.25, 0.3) is 0 Å². The number of aromatic nitrogens is 2. The number of nitrogens with two attached hydrogens (primary N) is 1. The van der Waals surface area contributed by atoms with Crippen LogP contribution in [0, 0.1) is 5.41 Å². The van der Waals surface area contributed by atoms with Crippen molar-refractivity contribution in [3.63, 3.8) is 0 Å². The molecule has 108 valence electrons. The van der Waals surface area contributed by atoms with E-state index in [-0.39, 0.29) is 0 Å². The summed E-state index contributed by atoms with van der Waals surface area (Å²) >= 11 is 0. The Balaban J connectivity index is 2.03. The smallest absolute Gasteiger partial charge is 0.0522 e. The third-order valence-electron chi connectivity index (χ3n) is 4.66. The molecule has 0 radical (unpaired) electrons. The molecule has 0 bridgehead atoms. The van der Waals surface area contributed by atoms with Gasteiger partial charge in [-0.25, -0.2) is 0 Å². The van der Waals surface area contributed by atoms with Gasteiger partial charge in [0.05, 0.1) is 6.20 Å². The van der Waals surface area contributed by atoms with Gasteiger partial charge >= 0.3 is 0 Å². The molecule has 0 aliphatic heterocycles. The summed E-state index contributed by atoms with van der Waals surface area (Å²) < 4.78 is 0. The summed E-state index contributed by atoms with van der Waals surface area (Å²) in [7, 11) is 1.97. The van der Waals surface area contributed by atoms with Crippen molar-refractivity contribution in [1.82, 2.24) is 15.5 Å². The molecule has 1 atom stereocenters. The highest BCUT2D eigenvalue weighted by Crippen LogP contribution is 2.42. The fourth-order valence-corrected chi connectivity index (χ4v) is 3.09. The molecule has 1 heterocycles. The van der Waals surface area contributed by atoms with E-state index in [4.69, 9.17) is 5.73 Å². The Labute approximate surface area is 116 Å². The van der Waals surface area contributed by atoms with Crippen molar-refractivity contribution in [2.75, 3.05) is 13.6 Å². The average Bonchev–Trinajstić information content (AvgIpc) is 2.84. The summed E-state index contributed by atoms with van der Waals surface area (Å²) in [6, 6.07) is 0.344. The van der Waals surface area contributed by atoms with Crippen LogP contribution in [0.5, 0.6) is 0 Å². The predicted molar refractivity (Wildman–Crippen MR) is 79.2 cm³/mol. The molecule has 0 amide bonds. The molecule has 1 aromatic rings. The Morgan fingerprint density at radius 2 is 2.16 bits per heavy atom. The fourth-order valence-electron chi connectivity index (χ4n) is 3.09. The van der Waals surface area contributed by atoms with Crippen molar-refractivity contribution in [1.29, 1.82) is 0 Å². The highest BCUT2D eigenvalue weighted by molar-refractivity contribution is 5.22. The van der Waals surface area contributed by atoms with Gasteiger partial charge in [-0.1, -0.05) is 13.8 Å². The largest absolute Gasteiger partial charge is 0.329 e. The van der Waals surface area contributed by atoms with Crippen molar-refractivity contribution in [2.45, 2.75) is 57.9 Å². The van der Waals surface area contributed by atoms with E-state index in [0.717, 1.165) is 6.42 Å². The minimum absolute atomic E-state index is 0.344. The quantitative estimate of drug-likeness (QED) is 0.763. The van der Waals surface area contributed by atoms with E-state index in [1.54, 1.807) is 0 Å². The van der Waals surface area contributed by atoms with Gasteiger partial charge in [-0.3, -0.25) is 5.10 Å². The molecule has 4 nitrogen and oxygen atoms in total. The fraction of sp³-hybridized carbons (Fsp3) is 0.800. The SMILES string of the molecule is CNC(CN)Cc1cn[nH]c1C1CCC(C)(C)CC1. The molecule has 1 aliphatic rings. The van der Waals surface area contributed by atoms with Crippen LogP contribution in [-0.4, -0.2) is 29.8 Å². The van der Waals surface area contributed by atoms with Crippen LogP contribution < -0.4 is 11.1 Å². The van der Waals surface area contributed by atoms with Gasteiger partial charge < -0.3 is 11.1 Å². The molecule has 0 spiro atoms. The standard InChI is InChI=1S/C15H28N4/c1-15(2)6-4-11(5-7-15)14-12(10-18-19-14)8-13(9-16)17-3/h10-11,13,17H,4-9,16H2,1-3H3,(H,18,19).